The van der Waals surface area contributed by atoms with Crippen molar-refractivity contribution in [3.8, 4) is 11.5 Å². The van der Waals surface area contributed by atoms with Crippen LogP contribution in [0.2, 0.25) is 4.34 Å². The molecule has 0 saturated heterocycles. The number of ether oxygens (including phenoxy) is 2. The van der Waals surface area contributed by atoms with E-state index in [-0.39, 0.29) is 5.91 Å². The van der Waals surface area contributed by atoms with Gasteiger partial charge < -0.3 is 20.1 Å². The van der Waals surface area contributed by atoms with Crippen LogP contribution in [-0.4, -0.2) is 53.1 Å². The minimum Gasteiger partial charge on any atom is -0.493 e. The number of hydrogen-bond donors (Lipinski definition) is 2. The first-order valence-corrected chi connectivity index (χ1v) is 13.5. The number of halogens is 1. The van der Waals surface area contributed by atoms with E-state index >= 15 is 0 Å². The van der Waals surface area contributed by atoms with Gasteiger partial charge in [0.2, 0.25) is 0 Å². The number of carbonyl (C=O) groups excluding carboxylic acids is 1. The van der Waals surface area contributed by atoms with E-state index in [9.17, 15) is 4.79 Å². The maximum Gasteiger partial charge on any atom is 0.265 e. The summed E-state index contributed by atoms with van der Waals surface area (Å²) < 4.78 is 13.4. The smallest absolute Gasteiger partial charge is 0.265 e. The molecule has 1 aliphatic rings. The molecule has 198 valence electrons. The Kier molecular flexibility index (Phi) is 8.11. The van der Waals surface area contributed by atoms with Crippen LogP contribution in [0.1, 0.15) is 26.5 Å². The number of para-hydroxylation sites is 2. The Morgan fingerprint density at radius 1 is 1.05 bits per heavy atom. The van der Waals surface area contributed by atoms with Gasteiger partial charge in [0.05, 0.1) is 54.1 Å². The van der Waals surface area contributed by atoms with Crippen molar-refractivity contribution in [2.75, 3.05) is 37.9 Å². The van der Waals surface area contributed by atoms with E-state index < -0.39 is 0 Å². The average Bonchev–Trinajstić information content (AvgIpc) is 3.59. The van der Waals surface area contributed by atoms with E-state index in [1.165, 1.54) is 22.5 Å². The molecule has 9 nitrogen and oxygen atoms in total. The summed E-state index contributed by atoms with van der Waals surface area (Å²) in [5, 5.41) is 14.9. The molecule has 0 atom stereocenters. The van der Waals surface area contributed by atoms with Gasteiger partial charge >= 0.3 is 0 Å². The molecular weight excluding hydrogens is 524 g/mol. The molecule has 5 rings (SSSR count). The Balaban J connectivity index is 1.14. The first kappa shape index (κ1) is 26.0. The number of rotatable bonds is 10. The molecule has 2 aromatic carbocycles. The van der Waals surface area contributed by atoms with Gasteiger partial charge in [0.15, 0.2) is 11.5 Å². The van der Waals surface area contributed by atoms with E-state index in [0.29, 0.717) is 21.4 Å². The van der Waals surface area contributed by atoms with E-state index in [4.69, 9.17) is 21.1 Å². The van der Waals surface area contributed by atoms with Crippen LogP contribution < -0.4 is 20.1 Å². The first-order chi connectivity index (χ1) is 18.5. The molecule has 4 aromatic rings. The summed E-state index contributed by atoms with van der Waals surface area (Å²) in [7, 11) is 3.33. The molecule has 38 heavy (non-hydrogen) atoms. The number of nitrogens with zero attached hydrogens (tertiary/aromatic N) is 4. The molecule has 0 radical (unpaired) electrons. The molecule has 0 unspecified atom stereocenters. The van der Waals surface area contributed by atoms with Gasteiger partial charge in [-0.25, -0.2) is 0 Å². The fourth-order valence-corrected chi connectivity index (χ4v) is 5.40. The minimum absolute atomic E-state index is 0.194. The molecule has 1 aliphatic heterocycles. The number of fused-ring (bicyclic) bond motifs is 1. The number of benzene rings is 2. The number of aromatic nitrogens is 3. The van der Waals surface area contributed by atoms with Gasteiger partial charge in [0, 0.05) is 19.6 Å². The largest absolute Gasteiger partial charge is 0.493 e. The van der Waals surface area contributed by atoms with Gasteiger partial charge in [-0.2, -0.15) is 0 Å². The fraction of sp³-hybridized carbons (Fsp3) is 0.296. The zero-order chi connectivity index (χ0) is 26.5. The lowest BCUT2D eigenvalue weighted by atomic mass is 9.99. The Labute approximate surface area is 230 Å². The van der Waals surface area contributed by atoms with Crippen molar-refractivity contribution in [3.63, 3.8) is 0 Å². The Hall–Kier alpha value is -3.60. The van der Waals surface area contributed by atoms with Gasteiger partial charge in [0.1, 0.15) is 5.69 Å². The monoisotopic (exact) mass is 552 g/mol. The van der Waals surface area contributed by atoms with Crippen molar-refractivity contribution in [3.05, 3.63) is 80.8 Å². The second-order valence-corrected chi connectivity index (χ2v) is 10.6. The third kappa shape index (κ3) is 6.09. The SMILES string of the molecule is COc1cc2c(cc1OC)CN(CCn1cc(CNc3ccccc3NC(=O)c3ccc(Cl)s3)nn1)CC2. The molecule has 0 spiro atoms. The summed E-state index contributed by atoms with van der Waals surface area (Å²) in [6.07, 6.45) is 2.92. The highest BCUT2D eigenvalue weighted by atomic mass is 35.5. The highest BCUT2D eigenvalue weighted by molar-refractivity contribution is 7.18. The molecule has 0 saturated carbocycles. The van der Waals surface area contributed by atoms with Crippen LogP contribution >= 0.6 is 22.9 Å². The summed E-state index contributed by atoms with van der Waals surface area (Å²) in [4.78, 5) is 15.5. The van der Waals surface area contributed by atoms with Crippen molar-refractivity contribution >= 4 is 40.2 Å². The summed E-state index contributed by atoms with van der Waals surface area (Å²) in [6, 6.07) is 15.2. The van der Waals surface area contributed by atoms with Gasteiger partial charge in [-0.05, 0) is 53.9 Å². The van der Waals surface area contributed by atoms with Crippen molar-refractivity contribution in [1.29, 1.82) is 0 Å². The summed E-state index contributed by atoms with van der Waals surface area (Å²) in [5.41, 5.74) is 4.89. The number of anilines is 2. The molecule has 2 N–H and O–H groups in total. The predicted octanol–water partition coefficient (Wildman–Crippen LogP) is 4.93. The standard InChI is InChI=1S/C27H29ClN6O3S/c1-36-23-13-18-9-10-33(16-19(18)14-24(23)37-2)11-12-34-17-20(31-32-34)15-29-21-5-3-4-6-22(21)30-27(35)25-7-8-26(28)38-25/h3-8,13-14,17,29H,9-12,15-16H2,1-2H3,(H,30,35). The molecular formula is C27H29ClN6O3S. The van der Waals surface area contributed by atoms with Crippen molar-refractivity contribution in [2.45, 2.75) is 26.1 Å². The van der Waals surface area contributed by atoms with Crippen LogP contribution in [0.5, 0.6) is 11.5 Å². The normalized spacial score (nSPS) is 13.1. The number of amides is 1. The Morgan fingerprint density at radius 3 is 2.55 bits per heavy atom. The lowest BCUT2D eigenvalue weighted by molar-refractivity contribution is 0.103. The predicted molar refractivity (Wildman–Crippen MR) is 150 cm³/mol. The quantitative estimate of drug-likeness (QED) is 0.288. The van der Waals surface area contributed by atoms with Crippen molar-refractivity contribution < 1.29 is 14.3 Å². The lowest BCUT2D eigenvalue weighted by Crippen LogP contribution is -2.33. The highest BCUT2D eigenvalue weighted by Crippen LogP contribution is 2.33. The molecule has 2 aromatic heterocycles. The Morgan fingerprint density at radius 2 is 1.82 bits per heavy atom. The van der Waals surface area contributed by atoms with Crippen LogP contribution in [0.3, 0.4) is 0 Å². The van der Waals surface area contributed by atoms with Gasteiger partial charge in [-0.15, -0.1) is 16.4 Å². The molecule has 0 bridgehead atoms. The zero-order valence-corrected chi connectivity index (χ0v) is 22.8. The van der Waals surface area contributed by atoms with Crippen LogP contribution in [0, 0.1) is 0 Å². The van der Waals surface area contributed by atoms with E-state index in [1.54, 1.807) is 26.4 Å². The van der Waals surface area contributed by atoms with Crippen LogP contribution in [0.25, 0.3) is 0 Å². The number of thiophene rings is 1. The van der Waals surface area contributed by atoms with E-state index in [0.717, 1.165) is 55.5 Å². The lowest BCUT2D eigenvalue weighted by Gasteiger charge is -2.29. The summed E-state index contributed by atoms with van der Waals surface area (Å²) in [5.74, 6) is 1.35. The molecule has 11 heteroatoms. The highest BCUT2D eigenvalue weighted by Gasteiger charge is 2.19. The van der Waals surface area contributed by atoms with Crippen LogP contribution in [-0.2, 0) is 26.1 Å². The summed E-state index contributed by atoms with van der Waals surface area (Å²) >= 11 is 7.21. The molecule has 3 heterocycles. The van der Waals surface area contributed by atoms with Crippen molar-refractivity contribution in [1.82, 2.24) is 19.9 Å². The maximum atomic E-state index is 12.6. The van der Waals surface area contributed by atoms with Gasteiger partial charge in [0.25, 0.3) is 5.91 Å². The first-order valence-electron chi connectivity index (χ1n) is 12.3. The third-order valence-electron chi connectivity index (χ3n) is 6.46. The number of hydrogen-bond acceptors (Lipinski definition) is 8. The Bertz CT molecular complexity index is 1420. The number of carbonyl (C=O) groups is 1. The molecule has 0 aliphatic carbocycles. The van der Waals surface area contributed by atoms with Gasteiger partial charge in [-0.1, -0.05) is 28.9 Å². The topological polar surface area (TPSA) is 93.5 Å². The second-order valence-electron chi connectivity index (χ2n) is 8.93. The number of nitrogens with one attached hydrogen (secondary N) is 2. The van der Waals surface area contributed by atoms with Gasteiger partial charge in [-0.3, -0.25) is 14.4 Å². The van der Waals surface area contributed by atoms with E-state index in [2.05, 4.69) is 38.0 Å². The molecule has 1 amide bonds. The average molecular weight is 553 g/mol. The van der Waals surface area contributed by atoms with E-state index in [1.807, 2.05) is 35.1 Å². The fourth-order valence-electron chi connectivity index (χ4n) is 4.46. The minimum atomic E-state index is -0.194. The summed E-state index contributed by atoms with van der Waals surface area (Å²) in [6.45, 7) is 3.93. The van der Waals surface area contributed by atoms with Crippen LogP contribution in [0.15, 0.2) is 54.7 Å². The zero-order valence-electron chi connectivity index (χ0n) is 21.2. The van der Waals surface area contributed by atoms with Crippen LogP contribution in [0.4, 0.5) is 11.4 Å². The molecule has 0 fully saturated rings. The number of methoxy groups -OCH3 is 2. The third-order valence-corrected chi connectivity index (χ3v) is 7.69. The maximum absolute atomic E-state index is 12.6. The van der Waals surface area contributed by atoms with Crippen molar-refractivity contribution in [2.24, 2.45) is 0 Å². The second kappa shape index (κ2) is 11.8.